The summed E-state index contributed by atoms with van der Waals surface area (Å²) >= 11 is 0. The number of carbonyl (C=O) groups excluding carboxylic acids is 2. The maximum absolute atomic E-state index is 12.2. The lowest BCUT2D eigenvalue weighted by Gasteiger charge is -2.46. The van der Waals surface area contributed by atoms with Crippen LogP contribution in [0.5, 0.6) is 0 Å². The van der Waals surface area contributed by atoms with Crippen LogP contribution in [-0.2, 0) is 19.1 Å². The van der Waals surface area contributed by atoms with Gasteiger partial charge in [-0.15, -0.1) is 0 Å². The smallest absolute Gasteiger partial charge is 0.369 e. The highest BCUT2D eigenvalue weighted by atomic mass is 16.7. The first-order chi connectivity index (χ1) is 9.92. The van der Waals surface area contributed by atoms with Gasteiger partial charge in [-0.05, 0) is 20.8 Å². The van der Waals surface area contributed by atoms with Gasteiger partial charge in [-0.25, -0.2) is 4.79 Å². The van der Waals surface area contributed by atoms with Gasteiger partial charge in [0.1, 0.15) is 30.0 Å². The van der Waals surface area contributed by atoms with Gasteiger partial charge >= 0.3 is 5.97 Å². The van der Waals surface area contributed by atoms with E-state index in [1.165, 1.54) is 0 Å². The molecular formula is C13H23NO8. The summed E-state index contributed by atoms with van der Waals surface area (Å²) in [5.74, 6) is -4.65. The minimum Gasteiger partial charge on any atom is -0.456 e. The first-order valence-electron chi connectivity index (χ1n) is 6.80. The first kappa shape index (κ1) is 18.8. The fourth-order valence-electron chi connectivity index (χ4n) is 2.10. The highest BCUT2D eigenvalue weighted by Gasteiger charge is 2.59. The van der Waals surface area contributed by atoms with Crippen LogP contribution in [0.25, 0.3) is 0 Å². The number of nitrogens with one attached hydrogen (secondary N) is 1. The van der Waals surface area contributed by atoms with Crippen LogP contribution in [0.3, 0.4) is 0 Å². The summed E-state index contributed by atoms with van der Waals surface area (Å²) < 4.78 is 10.1. The third-order valence-electron chi connectivity index (χ3n) is 3.06. The minimum atomic E-state index is -2.75. The first-order valence-corrected chi connectivity index (χ1v) is 6.80. The van der Waals surface area contributed by atoms with Gasteiger partial charge in [0.25, 0.3) is 5.79 Å². The van der Waals surface area contributed by atoms with Crippen molar-refractivity contribution >= 4 is 11.9 Å². The third-order valence-corrected chi connectivity index (χ3v) is 3.06. The summed E-state index contributed by atoms with van der Waals surface area (Å²) in [6.07, 6.45) is -4.77. The molecule has 0 aromatic carbocycles. The number of aliphatic hydroxyl groups is 4. The van der Waals surface area contributed by atoms with Crippen LogP contribution in [0.4, 0.5) is 0 Å². The van der Waals surface area contributed by atoms with E-state index in [1.807, 2.05) is 0 Å². The topological polar surface area (TPSA) is 146 Å². The lowest BCUT2D eigenvalue weighted by atomic mass is 9.90. The maximum Gasteiger partial charge on any atom is 0.369 e. The number of aliphatic hydroxyl groups excluding tert-OH is 3. The van der Waals surface area contributed by atoms with Gasteiger partial charge in [-0.3, -0.25) is 4.79 Å². The normalized spacial score (nSPS) is 35.8. The molecule has 0 aliphatic carbocycles. The molecule has 128 valence electrons. The maximum atomic E-state index is 12.2. The summed E-state index contributed by atoms with van der Waals surface area (Å²) in [6.45, 7) is 5.01. The van der Waals surface area contributed by atoms with Crippen molar-refractivity contribution in [3.8, 4) is 0 Å². The van der Waals surface area contributed by atoms with Crippen LogP contribution < -0.4 is 5.32 Å². The average Bonchev–Trinajstić information content (AvgIpc) is 2.36. The Morgan fingerprint density at radius 1 is 1.27 bits per heavy atom. The Labute approximate surface area is 127 Å². The van der Waals surface area contributed by atoms with Crippen LogP contribution in [0, 0.1) is 0 Å². The van der Waals surface area contributed by atoms with E-state index >= 15 is 0 Å². The number of ether oxygens (including phenoxy) is 2. The van der Waals surface area contributed by atoms with E-state index in [9.17, 15) is 24.9 Å². The van der Waals surface area contributed by atoms with E-state index in [4.69, 9.17) is 14.6 Å². The third kappa shape index (κ3) is 3.93. The Hall–Kier alpha value is -1.26. The van der Waals surface area contributed by atoms with Gasteiger partial charge in [0.2, 0.25) is 5.91 Å². The van der Waals surface area contributed by atoms with Gasteiger partial charge < -0.3 is 35.2 Å². The van der Waals surface area contributed by atoms with Crippen LogP contribution >= 0.6 is 0 Å². The number of amides is 1. The number of hydrogen-bond acceptors (Lipinski definition) is 8. The highest BCUT2D eigenvalue weighted by Crippen LogP contribution is 2.30. The summed E-state index contributed by atoms with van der Waals surface area (Å²) in [7, 11) is 0. The van der Waals surface area contributed by atoms with Gasteiger partial charge in [-0.1, -0.05) is 0 Å². The van der Waals surface area contributed by atoms with Gasteiger partial charge in [0.15, 0.2) is 0 Å². The molecule has 0 aromatic rings. The quantitative estimate of drug-likeness (QED) is 0.363. The summed E-state index contributed by atoms with van der Waals surface area (Å²) in [5, 5.41) is 41.7. The lowest BCUT2D eigenvalue weighted by molar-refractivity contribution is -0.314. The van der Waals surface area contributed by atoms with Gasteiger partial charge in [0, 0.05) is 6.92 Å². The lowest BCUT2D eigenvalue weighted by Crippen LogP contribution is -2.73. The van der Waals surface area contributed by atoms with Gasteiger partial charge in [-0.2, -0.15) is 0 Å². The predicted molar refractivity (Wildman–Crippen MR) is 72.4 cm³/mol. The van der Waals surface area contributed by atoms with Crippen molar-refractivity contribution in [3.05, 3.63) is 0 Å². The second kappa shape index (κ2) is 6.47. The van der Waals surface area contributed by atoms with Crippen molar-refractivity contribution < 1.29 is 39.5 Å². The van der Waals surface area contributed by atoms with Crippen molar-refractivity contribution in [1.29, 1.82) is 0 Å². The van der Waals surface area contributed by atoms with E-state index < -0.39 is 54.2 Å². The van der Waals surface area contributed by atoms with Crippen molar-refractivity contribution in [2.75, 3.05) is 6.61 Å². The van der Waals surface area contributed by atoms with E-state index in [-0.39, 0.29) is 0 Å². The van der Waals surface area contributed by atoms with E-state index in [0.29, 0.717) is 0 Å². The Morgan fingerprint density at radius 2 is 1.82 bits per heavy atom. The SMILES string of the molecule is CC(=O)N[C@@H]1[C@@H](O)[C@H](O)[C@@H](CO)OC1(O)C(=O)OC(C)(C)C. The number of esters is 1. The largest absolute Gasteiger partial charge is 0.456 e. The van der Waals surface area contributed by atoms with Crippen LogP contribution in [0.15, 0.2) is 0 Å². The molecule has 5 atom stereocenters. The molecule has 1 rings (SSSR count). The summed E-state index contributed by atoms with van der Waals surface area (Å²) in [5.41, 5.74) is -0.966. The zero-order valence-corrected chi connectivity index (χ0v) is 12.9. The fraction of sp³-hybridized carbons (Fsp3) is 0.846. The van der Waals surface area contributed by atoms with Crippen molar-refractivity contribution in [2.45, 2.75) is 63.4 Å². The van der Waals surface area contributed by atoms with Crippen molar-refractivity contribution in [1.82, 2.24) is 5.32 Å². The monoisotopic (exact) mass is 321 g/mol. The average molecular weight is 321 g/mol. The molecule has 1 aliphatic heterocycles. The second-order valence-electron chi connectivity index (χ2n) is 6.20. The molecule has 22 heavy (non-hydrogen) atoms. The molecule has 0 radical (unpaired) electrons. The molecule has 0 bridgehead atoms. The molecule has 1 saturated heterocycles. The van der Waals surface area contributed by atoms with Gasteiger partial charge in [0.05, 0.1) is 6.61 Å². The van der Waals surface area contributed by atoms with E-state index in [0.717, 1.165) is 6.92 Å². The molecule has 1 heterocycles. The minimum absolute atomic E-state index is 0.663. The number of carbonyl (C=O) groups is 2. The molecule has 1 fully saturated rings. The van der Waals surface area contributed by atoms with Crippen molar-refractivity contribution in [2.24, 2.45) is 0 Å². The molecule has 5 N–H and O–H groups in total. The van der Waals surface area contributed by atoms with E-state index in [1.54, 1.807) is 20.8 Å². The molecule has 0 saturated carbocycles. The molecule has 9 heteroatoms. The predicted octanol–water partition coefficient (Wildman–Crippen LogP) is -2.37. The molecule has 1 aliphatic rings. The molecule has 1 amide bonds. The van der Waals surface area contributed by atoms with Crippen LogP contribution in [0.1, 0.15) is 27.7 Å². The summed E-state index contributed by atoms with van der Waals surface area (Å²) in [6, 6.07) is -1.65. The molecule has 0 spiro atoms. The number of rotatable bonds is 3. The summed E-state index contributed by atoms with van der Waals surface area (Å²) in [4.78, 5) is 23.5. The van der Waals surface area contributed by atoms with Crippen molar-refractivity contribution in [3.63, 3.8) is 0 Å². The molecule has 1 unspecified atom stereocenters. The molecule has 9 nitrogen and oxygen atoms in total. The Morgan fingerprint density at radius 3 is 2.23 bits per heavy atom. The zero-order chi connectivity index (χ0) is 17.3. The van der Waals surface area contributed by atoms with Crippen LogP contribution in [0.2, 0.25) is 0 Å². The second-order valence-corrected chi connectivity index (χ2v) is 6.20. The zero-order valence-electron chi connectivity index (χ0n) is 12.9. The number of hydrogen-bond donors (Lipinski definition) is 5. The highest BCUT2D eigenvalue weighted by molar-refractivity contribution is 5.81. The Kier molecular flexibility index (Phi) is 5.52. The Bertz CT molecular complexity index is 434. The fourth-order valence-corrected chi connectivity index (χ4v) is 2.10. The standard InChI is InChI=1S/C13H23NO8/c1-6(16)14-10-9(18)8(17)7(5-15)21-13(10,20)11(19)22-12(2,3)4/h7-10,15,17-18,20H,5H2,1-4H3,(H,14,16)/t7-,8-,9+,10-,13?/m1/s1. The Balaban J connectivity index is 3.17. The molecule has 0 aromatic heterocycles. The van der Waals surface area contributed by atoms with E-state index in [2.05, 4.69) is 5.32 Å². The van der Waals surface area contributed by atoms with Crippen LogP contribution in [-0.4, -0.2) is 74.7 Å². The molecular weight excluding hydrogens is 298 g/mol.